The molecule has 0 aliphatic carbocycles. The van der Waals surface area contributed by atoms with E-state index in [-0.39, 0.29) is 0 Å². The smallest absolute Gasteiger partial charge is 0.191 e. The third-order valence-electron chi connectivity index (χ3n) is 5.13. The molecule has 0 aromatic heterocycles. The maximum Gasteiger partial charge on any atom is 0.191 e. The van der Waals surface area contributed by atoms with E-state index < -0.39 is 0 Å². The van der Waals surface area contributed by atoms with Crippen molar-refractivity contribution in [3.63, 3.8) is 0 Å². The van der Waals surface area contributed by atoms with Crippen LogP contribution in [0.4, 0.5) is 0 Å². The van der Waals surface area contributed by atoms with Gasteiger partial charge in [0.2, 0.25) is 0 Å². The van der Waals surface area contributed by atoms with E-state index in [4.69, 9.17) is 9.47 Å². The van der Waals surface area contributed by atoms with Gasteiger partial charge < -0.3 is 20.1 Å². The molecular weight excluding hydrogens is 352 g/mol. The van der Waals surface area contributed by atoms with Crippen LogP contribution in [0.25, 0.3) is 0 Å². The lowest BCUT2D eigenvalue weighted by atomic mass is 10.0. The minimum atomic E-state index is 0.516. The fourth-order valence-electron chi connectivity index (χ4n) is 3.57. The number of ether oxygens (including phenoxy) is 2. The lowest BCUT2D eigenvalue weighted by molar-refractivity contribution is 0.0132. The van der Waals surface area contributed by atoms with Crippen LogP contribution in [-0.4, -0.2) is 70.5 Å². The Labute approximate surface area is 170 Å². The molecule has 158 valence electrons. The molecule has 1 aromatic rings. The highest BCUT2D eigenvalue weighted by atomic mass is 16.5. The van der Waals surface area contributed by atoms with Crippen molar-refractivity contribution >= 4 is 5.96 Å². The molecule has 1 aliphatic rings. The Balaban J connectivity index is 1.72. The third-order valence-corrected chi connectivity index (χ3v) is 5.13. The number of rotatable bonds is 10. The van der Waals surface area contributed by atoms with E-state index >= 15 is 0 Å². The van der Waals surface area contributed by atoms with Gasteiger partial charge in [0.1, 0.15) is 5.75 Å². The number of nitrogens with zero attached hydrogens (tertiary/aromatic N) is 2. The molecular formula is C22H38N4O2. The zero-order chi connectivity index (χ0) is 20.2. The van der Waals surface area contributed by atoms with Gasteiger partial charge in [-0.15, -0.1) is 0 Å². The first-order valence-corrected chi connectivity index (χ1v) is 10.5. The van der Waals surface area contributed by atoms with Gasteiger partial charge in [0, 0.05) is 39.3 Å². The second-order valence-electron chi connectivity index (χ2n) is 7.76. The fourth-order valence-corrected chi connectivity index (χ4v) is 3.57. The van der Waals surface area contributed by atoms with Crippen LogP contribution in [0.1, 0.15) is 32.3 Å². The van der Waals surface area contributed by atoms with Crippen LogP contribution < -0.4 is 15.4 Å². The van der Waals surface area contributed by atoms with Crippen molar-refractivity contribution in [1.82, 2.24) is 15.5 Å². The van der Waals surface area contributed by atoms with E-state index in [0.29, 0.717) is 12.0 Å². The van der Waals surface area contributed by atoms with Crippen LogP contribution in [-0.2, 0) is 11.2 Å². The lowest BCUT2D eigenvalue weighted by Crippen LogP contribution is -2.51. The SMILES string of the molecule is CN=C(NCCCc1ccc(OC)cc1)NCC(CC(C)C)N1CCOCC1. The summed E-state index contributed by atoms with van der Waals surface area (Å²) in [5, 5.41) is 6.97. The first kappa shape index (κ1) is 22.5. The van der Waals surface area contributed by atoms with Crippen LogP contribution in [0, 0.1) is 5.92 Å². The Morgan fingerprint density at radius 1 is 1.18 bits per heavy atom. The van der Waals surface area contributed by atoms with Crippen LogP contribution >= 0.6 is 0 Å². The number of aryl methyl sites for hydroxylation is 1. The van der Waals surface area contributed by atoms with Crippen LogP contribution in [0.2, 0.25) is 0 Å². The molecule has 1 aliphatic heterocycles. The fraction of sp³-hybridized carbons (Fsp3) is 0.682. The molecule has 0 saturated carbocycles. The highest BCUT2D eigenvalue weighted by molar-refractivity contribution is 5.79. The summed E-state index contributed by atoms with van der Waals surface area (Å²) in [5.41, 5.74) is 1.33. The average molecular weight is 391 g/mol. The van der Waals surface area contributed by atoms with Gasteiger partial charge in [-0.2, -0.15) is 0 Å². The number of hydrogen-bond donors (Lipinski definition) is 2. The standard InChI is InChI=1S/C22H38N4O2/c1-18(2)16-20(26-12-14-28-15-13-26)17-25-22(23-3)24-11-5-6-19-7-9-21(27-4)10-8-19/h7-10,18,20H,5-6,11-17H2,1-4H3,(H2,23,24,25). The molecule has 2 N–H and O–H groups in total. The van der Waals surface area contributed by atoms with Crippen molar-refractivity contribution in [2.24, 2.45) is 10.9 Å². The molecule has 0 amide bonds. The van der Waals surface area contributed by atoms with Crippen molar-refractivity contribution in [3.8, 4) is 5.75 Å². The molecule has 1 fully saturated rings. The Kier molecular flexibility index (Phi) is 10.1. The summed E-state index contributed by atoms with van der Waals surface area (Å²) in [5.74, 6) is 2.47. The molecule has 0 bridgehead atoms. The topological polar surface area (TPSA) is 58.1 Å². The van der Waals surface area contributed by atoms with Gasteiger partial charge in [-0.25, -0.2) is 0 Å². The molecule has 6 heteroatoms. The van der Waals surface area contributed by atoms with E-state index in [1.54, 1.807) is 7.11 Å². The Hall–Kier alpha value is -1.79. The minimum Gasteiger partial charge on any atom is -0.497 e. The summed E-state index contributed by atoms with van der Waals surface area (Å²) >= 11 is 0. The van der Waals surface area contributed by atoms with Gasteiger partial charge in [-0.1, -0.05) is 26.0 Å². The first-order chi connectivity index (χ1) is 13.6. The van der Waals surface area contributed by atoms with Crippen LogP contribution in [0.5, 0.6) is 5.75 Å². The Bertz CT molecular complexity index is 568. The van der Waals surface area contributed by atoms with E-state index in [1.165, 1.54) is 12.0 Å². The van der Waals surface area contributed by atoms with Crippen molar-refractivity contribution in [2.45, 2.75) is 39.2 Å². The zero-order valence-corrected chi connectivity index (χ0v) is 18.0. The molecule has 1 heterocycles. The molecule has 28 heavy (non-hydrogen) atoms. The number of methoxy groups -OCH3 is 1. The van der Waals surface area contributed by atoms with Crippen molar-refractivity contribution < 1.29 is 9.47 Å². The molecule has 2 rings (SSSR count). The molecule has 1 saturated heterocycles. The van der Waals surface area contributed by atoms with Crippen LogP contribution in [0.15, 0.2) is 29.3 Å². The minimum absolute atomic E-state index is 0.516. The number of hydrogen-bond acceptors (Lipinski definition) is 4. The number of benzene rings is 1. The molecule has 0 spiro atoms. The first-order valence-electron chi connectivity index (χ1n) is 10.5. The summed E-state index contributed by atoms with van der Waals surface area (Å²) in [6, 6.07) is 8.81. The Morgan fingerprint density at radius 3 is 2.50 bits per heavy atom. The monoisotopic (exact) mass is 390 g/mol. The molecule has 1 aromatic carbocycles. The predicted molar refractivity (Wildman–Crippen MR) is 116 cm³/mol. The summed E-state index contributed by atoms with van der Waals surface area (Å²) in [6.45, 7) is 10.1. The summed E-state index contributed by atoms with van der Waals surface area (Å²) in [6.07, 6.45) is 3.28. The van der Waals surface area contributed by atoms with E-state index in [1.807, 2.05) is 19.2 Å². The van der Waals surface area contributed by atoms with Gasteiger partial charge >= 0.3 is 0 Å². The zero-order valence-electron chi connectivity index (χ0n) is 18.0. The number of guanidine groups is 1. The summed E-state index contributed by atoms with van der Waals surface area (Å²) < 4.78 is 10.7. The second kappa shape index (κ2) is 12.6. The van der Waals surface area contributed by atoms with Gasteiger partial charge in [-0.3, -0.25) is 9.89 Å². The average Bonchev–Trinajstić information content (AvgIpc) is 2.73. The van der Waals surface area contributed by atoms with Gasteiger partial charge in [-0.05, 0) is 42.9 Å². The van der Waals surface area contributed by atoms with Gasteiger partial charge in [0.05, 0.1) is 20.3 Å². The molecule has 1 unspecified atom stereocenters. The predicted octanol–water partition coefficient (Wildman–Crippen LogP) is 2.54. The van der Waals surface area contributed by atoms with Crippen molar-refractivity contribution in [3.05, 3.63) is 29.8 Å². The van der Waals surface area contributed by atoms with Gasteiger partial charge in [0.25, 0.3) is 0 Å². The number of nitrogens with one attached hydrogen (secondary N) is 2. The maximum atomic E-state index is 5.51. The molecule has 0 radical (unpaired) electrons. The van der Waals surface area contributed by atoms with E-state index in [9.17, 15) is 0 Å². The van der Waals surface area contributed by atoms with Crippen LogP contribution in [0.3, 0.4) is 0 Å². The quantitative estimate of drug-likeness (QED) is 0.365. The highest BCUT2D eigenvalue weighted by Crippen LogP contribution is 2.13. The Morgan fingerprint density at radius 2 is 1.89 bits per heavy atom. The summed E-state index contributed by atoms with van der Waals surface area (Å²) in [7, 11) is 3.54. The van der Waals surface area contributed by atoms with Gasteiger partial charge in [0.15, 0.2) is 5.96 Å². The van der Waals surface area contributed by atoms with E-state index in [2.05, 4.69) is 46.5 Å². The highest BCUT2D eigenvalue weighted by Gasteiger charge is 2.22. The van der Waals surface area contributed by atoms with Crippen molar-refractivity contribution in [2.75, 3.05) is 53.6 Å². The third kappa shape index (κ3) is 8.07. The van der Waals surface area contributed by atoms with Crippen molar-refractivity contribution in [1.29, 1.82) is 0 Å². The molecule has 1 atom stereocenters. The number of morpholine rings is 1. The normalized spacial score (nSPS) is 16.8. The number of aliphatic imine (C=N–C) groups is 1. The van der Waals surface area contributed by atoms with E-state index in [0.717, 1.165) is 63.9 Å². The second-order valence-corrected chi connectivity index (χ2v) is 7.76. The summed E-state index contributed by atoms with van der Waals surface area (Å²) in [4.78, 5) is 6.94. The largest absolute Gasteiger partial charge is 0.497 e. The maximum absolute atomic E-state index is 5.51. The lowest BCUT2D eigenvalue weighted by Gasteiger charge is -2.35. The molecule has 6 nitrogen and oxygen atoms in total.